The molecule has 2 aromatic carbocycles. The van der Waals surface area contributed by atoms with Gasteiger partial charge >= 0.3 is 0 Å². The van der Waals surface area contributed by atoms with Crippen LogP contribution in [0.2, 0.25) is 0 Å². The quantitative estimate of drug-likeness (QED) is 0.711. The van der Waals surface area contributed by atoms with Crippen LogP contribution in [0.3, 0.4) is 0 Å². The summed E-state index contributed by atoms with van der Waals surface area (Å²) in [4.78, 5) is 19.3. The maximum atomic E-state index is 12.1. The van der Waals surface area contributed by atoms with Crippen LogP contribution < -0.4 is 5.56 Å². The highest BCUT2D eigenvalue weighted by Gasteiger charge is 2.12. The van der Waals surface area contributed by atoms with Crippen molar-refractivity contribution < 1.29 is 5.11 Å². The predicted octanol–water partition coefficient (Wildman–Crippen LogP) is 2.91. The number of nitrogens with one attached hydrogen (secondary N) is 1. The summed E-state index contributed by atoms with van der Waals surface area (Å²) in [5.41, 5.74) is 2.82. The van der Waals surface area contributed by atoms with Gasteiger partial charge in [-0.3, -0.25) is 4.79 Å². The van der Waals surface area contributed by atoms with Gasteiger partial charge in [0.1, 0.15) is 11.6 Å². The fourth-order valence-corrected chi connectivity index (χ4v) is 2.46. The summed E-state index contributed by atoms with van der Waals surface area (Å²) >= 11 is 0. The van der Waals surface area contributed by atoms with Crippen molar-refractivity contribution in [2.24, 2.45) is 0 Å². The molecular formula is C16H14N2O2. The zero-order valence-corrected chi connectivity index (χ0v) is 11.3. The van der Waals surface area contributed by atoms with Crippen molar-refractivity contribution in [1.82, 2.24) is 9.97 Å². The average Bonchev–Trinajstić information content (AvgIpc) is 2.37. The average molecular weight is 266 g/mol. The maximum Gasteiger partial charge on any atom is 0.259 e. The Morgan fingerprint density at radius 1 is 1.15 bits per heavy atom. The molecule has 3 aromatic rings. The van der Waals surface area contributed by atoms with Crippen molar-refractivity contribution >= 4 is 10.9 Å². The van der Waals surface area contributed by atoms with E-state index in [1.807, 2.05) is 26.0 Å². The third-order valence-corrected chi connectivity index (χ3v) is 3.31. The van der Waals surface area contributed by atoms with Gasteiger partial charge in [0.05, 0.1) is 16.5 Å². The highest BCUT2D eigenvalue weighted by Crippen LogP contribution is 2.31. The molecule has 0 atom stereocenters. The van der Waals surface area contributed by atoms with Crippen molar-refractivity contribution in [3.8, 4) is 17.1 Å². The fraction of sp³-hybridized carbons (Fsp3) is 0.125. The second-order valence-electron chi connectivity index (χ2n) is 4.91. The number of hydrogen-bond acceptors (Lipinski definition) is 3. The Labute approximate surface area is 115 Å². The number of fused-ring (bicyclic) bond motifs is 1. The first-order valence-electron chi connectivity index (χ1n) is 6.36. The number of aromatic nitrogens is 2. The van der Waals surface area contributed by atoms with Gasteiger partial charge in [-0.15, -0.1) is 0 Å². The summed E-state index contributed by atoms with van der Waals surface area (Å²) < 4.78 is 0. The van der Waals surface area contributed by atoms with E-state index in [4.69, 9.17) is 0 Å². The predicted molar refractivity (Wildman–Crippen MR) is 78.9 cm³/mol. The number of aromatic hydroxyl groups is 1. The molecule has 0 amide bonds. The first-order chi connectivity index (χ1) is 9.56. The van der Waals surface area contributed by atoms with E-state index in [-0.39, 0.29) is 11.3 Å². The summed E-state index contributed by atoms with van der Waals surface area (Å²) in [6, 6.07) is 10.8. The van der Waals surface area contributed by atoms with Gasteiger partial charge < -0.3 is 10.1 Å². The van der Waals surface area contributed by atoms with Crippen LogP contribution in [-0.4, -0.2) is 15.1 Å². The molecule has 2 N–H and O–H groups in total. The Bertz CT molecular complexity index is 843. The Hall–Kier alpha value is -2.62. The van der Waals surface area contributed by atoms with Crippen molar-refractivity contribution in [3.05, 3.63) is 57.9 Å². The van der Waals surface area contributed by atoms with Crippen LogP contribution >= 0.6 is 0 Å². The zero-order valence-electron chi connectivity index (χ0n) is 11.3. The topological polar surface area (TPSA) is 66.0 Å². The van der Waals surface area contributed by atoms with Crippen LogP contribution in [0, 0.1) is 13.8 Å². The summed E-state index contributed by atoms with van der Waals surface area (Å²) in [7, 11) is 0. The number of phenolic OH excluding ortho intramolecular Hbond substituents is 1. The summed E-state index contributed by atoms with van der Waals surface area (Å²) in [6.45, 7) is 3.80. The second-order valence-corrected chi connectivity index (χ2v) is 4.91. The third kappa shape index (κ3) is 1.95. The van der Waals surface area contributed by atoms with E-state index < -0.39 is 0 Å². The summed E-state index contributed by atoms with van der Waals surface area (Å²) in [5.74, 6) is 0.518. The molecule has 0 aliphatic heterocycles. The monoisotopic (exact) mass is 266 g/mol. The van der Waals surface area contributed by atoms with Gasteiger partial charge in [0.15, 0.2) is 0 Å². The molecule has 0 saturated carbocycles. The van der Waals surface area contributed by atoms with Crippen LogP contribution in [0.15, 0.2) is 41.2 Å². The fourth-order valence-electron chi connectivity index (χ4n) is 2.46. The smallest absolute Gasteiger partial charge is 0.259 e. The molecule has 1 heterocycles. The molecule has 0 fully saturated rings. The lowest BCUT2D eigenvalue weighted by molar-refractivity contribution is 0.476. The van der Waals surface area contributed by atoms with Gasteiger partial charge in [-0.1, -0.05) is 18.2 Å². The Morgan fingerprint density at radius 3 is 2.65 bits per heavy atom. The SMILES string of the molecule is Cc1cc(C)c(-c2nc3ccccc3c(=O)[nH]2)c(O)c1. The highest BCUT2D eigenvalue weighted by molar-refractivity contribution is 5.80. The summed E-state index contributed by atoms with van der Waals surface area (Å²) in [6.07, 6.45) is 0. The number of H-pyrrole nitrogens is 1. The van der Waals surface area contributed by atoms with Gasteiger partial charge in [0.25, 0.3) is 5.56 Å². The molecule has 0 unspecified atom stereocenters. The lowest BCUT2D eigenvalue weighted by atomic mass is 10.0. The molecule has 3 rings (SSSR count). The van der Waals surface area contributed by atoms with Gasteiger partial charge in [-0.2, -0.15) is 0 Å². The molecule has 0 spiro atoms. The number of aromatic amines is 1. The minimum Gasteiger partial charge on any atom is -0.507 e. The van der Waals surface area contributed by atoms with Crippen LogP contribution in [0.4, 0.5) is 0 Å². The number of hydrogen-bond donors (Lipinski definition) is 2. The number of nitrogens with zero attached hydrogens (tertiary/aromatic N) is 1. The molecule has 100 valence electrons. The summed E-state index contributed by atoms with van der Waals surface area (Å²) in [5, 5.41) is 10.7. The van der Waals surface area contributed by atoms with E-state index >= 15 is 0 Å². The Kier molecular flexibility index (Phi) is 2.79. The number of phenols is 1. The molecule has 0 bridgehead atoms. The molecule has 4 nitrogen and oxygen atoms in total. The van der Waals surface area contributed by atoms with E-state index in [0.717, 1.165) is 11.1 Å². The molecule has 0 aliphatic rings. The lowest BCUT2D eigenvalue weighted by Crippen LogP contribution is -2.09. The number of para-hydroxylation sites is 1. The van der Waals surface area contributed by atoms with E-state index in [9.17, 15) is 9.90 Å². The van der Waals surface area contributed by atoms with Crippen molar-refractivity contribution in [1.29, 1.82) is 0 Å². The number of aryl methyl sites for hydroxylation is 2. The minimum atomic E-state index is -0.204. The molecule has 20 heavy (non-hydrogen) atoms. The van der Waals surface area contributed by atoms with Gasteiger partial charge in [-0.25, -0.2) is 4.98 Å². The first-order valence-corrected chi connectivity index (χ1v) is 6.36. The maximum absolute atomic E-state index is 12.1. The van der Waals surface area contributed by atoms with Crippen LogP contribution in [0.5, 0.6) is 5.75 Å². The Morgan fingerprint density at radius 2 is 1.90 bits per heavy atom. The molecule has 0 aliphatic carbocycles. The van der Waals surface area contributed by atoms with E-state index in [2.05, 4.69) is 9.97 Å². The van der Waals surface area contributed by atoms with Crippen molar-refractivity contribution in [3.63, 3.8) is 0 Å². The van der Waals surface area contributed by atoms with Crippen molar-refractivity contribution in [2.75, 3.05) is 0 Å². The van der Waals surface area contributed by atoms with Crippen LogP contribution in [0.1, 0.15) is 11.1 Å². The van der Waals surface area contributed by atoms with Crippen LogP contribution in [-0.2, 0) is 0 Å². The van der Waals surface area contributed by atoms with E-state index in [0.29, 0.717) is 22.3 Å². The lowest BCUT2D eigenvalue weighted by Gasteiger charge is -2.09. The molecular weight excluding hydrogens is 252 g/mol. The normalized spacial score (nSPS) is 10.9. The van der Waals surface area contributed by atoms with E-state index in [1.165, 1.54) is 0 Å². The Balaban J connectivity index is 2.33. The zero-order chi connectivity index (χ0) is 14.3. The second kappa shape index (κ2) is 4.49. The largest absolute Gasteiger partial charge is 0.507 e. The molecule has 0 radical (unpaired) electrons. The standard InChI is InChI=1S/C16H14N2O2/c1-9-7-10(2)14(13(19)8-9)15-17-12-6-4-3-5-11(12)16(20)18-15/h3-8,19H,1-2H3,(H,17,18,20). The molecule has 0 saturated heterocycles. The van der Waals surface area contributed by atoms with Gasteiger partial charge in [0, 0.05) is 0 Å². The third-order valence-electron chi connectivity index (χ3n) is 3.31. The van der Waals surface area contributed by atoms with Gasteiger partial charge in [-0.05, 0) is 43.2 Å². The van der Waals surface area contributed by atoms with Crippen LogP contribution in [0.25, 0.3) is 22.3 Å². The number of rotatable bonds is 1. The highest BCUT2D eigenvalue weighted by atomic mass is 16.3. The number of benzene rings is 2. The first kappa shape index (κ1) is 12.4. The van der Waals surface area contributed by atoms with E-state index in [1.54, 1.807) is 24.3 Å². The van der Waals surface area contributed by atoms with Gasteiger partial charge in [0.2, 0.25) is 0 Å². The molecule has 4 heteroatoms. The minimum absolute atomic E-state index is 0.126. The molecule has 1 aromatic heterocycles. The van der Waals surface area contributed by atoms with Crippen molar-refractivity contribution in [2.45, 2.75) is 13.8 Å².